The van der Waals surface area contributed by atoms with Crippen LogP contribution in [0.15, 0.2) is 30.3 Å². The minimum atomic E-state index is -0.704. The molecule has 4 aliphatic carbocycles. The van der Waals surface area contributed by atoms with Gasteiger partial charge in [-0.3, -0.25) is 4.79 Å². The van der Waals surface area contributed by atoms with E-state index in [1.807, 2.05) is 36.4 Å². The zero-order valence-corrected chi connectivity index (χ0v) is 16.1. The molecule has 0 heterocycles. The molecule has 0 aromatic heterocycles. The van der Waals surface area contributed by atoms with E-state index >= 15 is 0 Å². The van der Waals surface area contributed by atoms with Crippen LogP contribution in [0, 0.1) is 29.1 Å². The Morgan fingerprint density at radius 2 is 1.68 bits per heavy atom. The van der Waals surface area contributed by atoms with Gasteiger partial charge in [-0.05, 0) is 61.8 Å². The molecule has 4 saturated carbocycles. The second-order valence-electron chi connectivity index (χ2n) is 8.91. The van der Waals surface area contributed by atoms with Gasteiger partial charge in [0.2, 0.25) is 5.91 Å². The summed E-state index contributed by atoms with van der Waals surface area (Å²) in [5.74, 6) is 1.90. The highest BCUT2D eigenvalue weighted by Gasteiger charge is 2.51. The average molecular weight is 380 g/mol. The number of hydrogen-bond acceptors (Lipinski definition) is 3. The number of nitriles is 1. The summed E-state index contributed by atoms with van der Waals surface area (Å²) in [6, 6.07) is 10.6. The van der Waals surface area contributed by atoms with Crippen LogP contribution in [0.2, 0.25) is 0 Å². The molecule has 0 saturated heterocycles. The van der Waals surface area contributed by atoms with Gasteiger partial charge in [-0.15, -0.1) is 0 Å². The second-order valence-corrected chi connectivity index (χ2v) is 8.91. The Bertz CT molecular complexity index is 735. The van der Waals surface area contributed by atoms with Crippen molar-refractivity contribution in [1.82, 2.24) is 16.0 Å². The zero-order valence-electron chi connectivity index (χ0n) is 16.1. The van der Waals surface area contributed by atoms with Crippen LogP contribution < -0.4 is 16.0 Å². The molecule has 4 aliphatic rings. The molecule has 6 heteroatoms. The number of benzene rings is 1. The van der Waals surface area contributed by atoms with Crippen molar-refractivity contribution in [2.45, 2.75) is 56.5 Å². The first kappa shape index (κ1) is 18.8. The van der Waals surface area contributed by atoms with Gasteiger partial charge in [-0.25, -0.2) is 4.79 Å². The van der Waals surface area contributed by atoms with E-state index in [0.29, 0.717) is 6.42 Å². The van der Waals surface area contributed by atoms with E-state index in [2.05, 4.69) is 16.0 Å². The Balaban J connectivity index is 1.41. The van der Waals surface area contributed by atoms with E-state index in [0.717, 1.165) is 42.6 Å². The Kier molecular flexibility index (Phi) is 5.25. The highest BCUT2D eigenvalue weighted by atomic mass is 16.2. The monoisotopic (exact) mass is 380 g/mol. The maximum atomic E-state index is 12.8. The third-order valence-electron chi connectivity index (χ3n) is 6.66. The topological polar surface area (TPSA) is 94.0 Å². The molecular formula is C22H28N4O2. The molecule has 0 radical (unpaired) electrons. The quantitative estimate of drug-likeness (QED) is 0.662. The van der Waals surface area contributed by atoms with E-state index < -0.39 is 6.04 Å². The molecule has 1 aromatic rings. The number of carbonyl (C=O) groups is 2. The van der Waals surface area contributed by atoms with Crippen molar-refractivity contribution in [3.8, 4) is 6.07 Å². The maximum absolute atomic E-state index is 12.8. The number of hydrogen-bond donors (Lipinski definition) is 3. The summed E-state index contributed by atoms with van der Waals surface area (Å²) in [6.45, 7) is -0.0671. The van der Waals surface area contributed by atoms with Gasteiger partial charge >= 0.3 is 6.03 Å². The molecule has 1 unspecified atom stereocenters. The Morgan fingerprint density at radius 1 is 1.07 bits per heavy atom. The molecule has 1 aromatic carbocycles. The van der Waals surface area contributed by atoms with E-state index in [4.69, 9.17) is 5.26 Å². The van der Waals surface area contributed by atoms with Gasteiger partial charge in [0.25, 0.3) is 0 Å². The normalized spacial score (nSPS) is 30.9. The summed E-state index contributed by atoms with van der Waals surface area (Å²) < 4.78 is 0. The van der Waals surface area contributed by atoms with Crippen LogP contribution >= 0.6 is 0 Å². The predicted molar refractivity (Wildman–Crippen MR) is 105 cm³/mol. The summed E-state index contributed by atoms with van der Waals surface area (Å²) in [5, 5.41) is 17.5. The summed E-state index contributed by atoms with van der Waals surface area (Å²) in [4.78, 5) is 25.3. The first-order valence-corrected chi connectivity index (χ1v) is 10.3. The standard InChI is InChI=1S/C22H28N4O2/c23-6-7-24-20(27)19(11-15-4-2-1-3-5-15)25-21(28)26-22-12-16-8-17(13-22)10-18(9-16)14-22/h1-5,16-19H,7-14H2,(H,24,27)(H2,25,26,28). The molecule has 148 valence electrons. The third-order valence-corrected chi connectivity index (χ3v) is 6.66. The van der Waals surface area contributed by atoms with Crippen molar-refractivity contribution in [1.29, 1.82) is 5.26 Å². The minimum Gasteiger partial charge on any atom is -0.341 e. The van der Waals surface area contributed by atoms with Gasteiger partial charge in [0.1, 0.15) is 12.6 Å². The van der Waals surface area contributed by atoms with Crippen molar-refractivity contribution in [2.24, 2.45) is 17.8 Å². The Hall–Kier alpha value is -2.55. The summed E-state index contributed by atoms with van der Waals surface area (Å²) in [6.07, 6.45) is 7.54. The van der Waals surface area contributed by atoms with Crippen molar-refractivity contribution >= 4 is 11.9 Å². The van der Waals surface area contributed by atoms with Gasteiger partial charge in [-0.2, -0.15) is 5.26 Å². The first-order valence-electron chi connectivity index (χ1n) is 10.3. The third kappa shape index (κ3) is 4.14. The van der Waals surface area contributed by atoms with Crippen LogP contribution in [0.3, 0.4) is 0 Å². The first-order chi connectivity index (χ1) is 13.5. The van der Waals surface area contributed by atoms with Crippen LogP contribution in [0.4, 0.5) is 4.79 Å². The van der Waals surface area contributed by atoms with Crippen molar-refractivity contribution < 1.29 is 9.59 Å². The van der Waals surface area contributed by atoms with Gasteiger partial charge in [0, 0.05) is 12.0 Å². The van der Waals surface area contributed by atoms with Crippen LogP contribution in [0.5, 0.6) is 0 Å². The fraction of sp³-hybridized carbons (Fsp3) is 0.591. The van der Waals surface area contributed by atoms with E-state index in [1.54, 1.807) is 0 Å². The summed E-state index contributed by atoms with van der Waals surface area (Å²) >= 11 is 0. The highest BCUT2D eigenvalue weighted by Crippen LogP contribution is 2.55. The fourth-order valence-electron chi connectivity index (χ4n) is 6.01. The van der Waals surface area contributed by atoms with Crippen LogP contribution in [0.25, 0.3) is 0 Å². The van der Waals surface area contributed by atoms with E-state index in [9.17, 15) is 9.59 Å². The van der Waals surface area contributed by atoms with Crippen molar-refractivity contribution in [2.75, 3.05) is 6.54 Å². The second kappa shape index (κ2) is 7.83. The number of amides is 3. The van der Waals surface area contributed by atoms with Crippen LogP contribution in [-0.2, 0) is 11.2 Å². The maximum Gasteiger partial charge on any atom is 0.315 e. The molecule has 0 aliphatic heterocycles. The molecule has 6 nitrogen and oxygen atoms in total. The lowest BCUT2D eigenvalue weighted by Gasteiger charge is -2.56. The smallest absolute Gasteiger partial charge is 0.315 e. The average Bonchev–Trinajstić information content (AvgIpc) is 2.64. The lowest BCUT2D eigenvalue weighted by Crippen LogP contribution is -2.63. The van der Waals surface area contributed by atoms with E-state index in [-0.39, 0.29) is 24.0 Å². The molecule has 28 heavy (non-hydrogen) atoms. The molecule has 1 atom stereocenters. The van der Waals surface area contributed by atoms with Crippen molar-refractivity contribution in [3.05, 3.63) is 35.9 Å². The molecule has 0 spiro atoms. The Morgan fingerprint density at radius 3 is 2.25 bits per heavy atom. The highest BCUT2D eigenvalue weighted by molar-refractivity contribution is 5.87. The summed E-state index contributed by atoms with van der Waals surface area (Å²) in [7, 11) is 0. The van der Waals surface area contributed by atoms with Crippen molar-refractivity contribution in [3.63, 3.8) is 0 Å². The summed E-state index contributed by atoms with van der Waals surface area (Å²) in [5.41, 5.74) is 0.869. The Labute approximate surface area is 166 Å². The van der Waals surface area contributed by atoms with Gasteiger partial charge in [0.05, 0.1) is 6.07 Å². The molecule has 5 rings (SSSR count). The lowest BCUT2D eigenvalue weighted by molar-refractivity contribution is -0.122. The van der Waals surface area contributed by atoms with Crippen LogP contribution in [0.1, 0.15) is 44.1 Å². The zero-order chi connectivity index (χ0) is 19.6. The molecule has 4 bridgehead atoms. The van der Waals surface area contributed by atoms with Crippen LogP contribution in [-0.4, -0.2) is 30.1 Å². The lowest BCUT2D eigenvalue weighted by atomic mass is 9.53. The molecule has 3 N–H and O–H groups in total. The predicted octanol–water partition coefficient (Wildman–Crippen LogP) is 2.51. The number of rotatable bonds is 6. The largest absolute Gasteiger partial charge is 0.341 e. The molecule has 3 amide bonds. The molecule has 4 fully saturated rings. The van der Waals surface area contributed by atoms with Gasteiger partial charge < -0.3 is 16.0 Å². The number of nitrogens with zero attached hydrogens (tertiary/aromatic N) is 1. The SMILES string of the molecule is N#CCNC(=O)C(Cc1ccccc1)NC(=O)NC12CC3CC(CC(C3)C1)C2. The number of carbonyl (C=O) groups excluding carboxylic acids is 2. The number of nitrogens with one attached hydrogen (secondary N) is 3. The molecular weight excluding hydrogens is 352 g/mol. The van der Waals surface area contributed by atoms with Gasteiger partial charge in [-0.1, -0.05) is 30.3 Å². The number of urea groups is 1. The van der Waals surface area contributed by atoms with E-state index in [1.165, 1.54) is 19.3 Å². The minimum absolute atomic E-state index is 0.0671. The fourth-order valence-corrected chi connectivity index (χ4v) is 6.01. The van der Waals surface area contributed by atoms with Gasteiger partial charge in [0.15, 0.2) is 0 Å².